The molecule has 12 nitrogen and oxygen atoms in total. The number of benzene rings is 1. The summed E-state index contributed by atoms with van der Waals surface area (Å²) in [7, 11) is -15.7. The quantitative estimate of drug-likeness (QED) is 0.440. The summed E-state index contributed by atoms with van der Waals surface area (Å²) in [6.45, 7) is 0. The largest absolute Gasteiger partial charge is 0.446 e. The Labute approximate surface area is 137 Å². The van der Waals surface area contributed by atoms with Crippen molar-refractivity contribution in [2.75, 3.05) is 0 Å². The van der Waals surface area contributed by atoms with Crippen LogP contribution in [-0.4, -0.2) is 55.0 Å². The molecule has 0 amide bonds. The predicted molar refractivity (Wildman–Crippen MR) is 76.7 cm³/mol. The minimum Gasteiger partial charge on any atom is -0.362 e. The van der Waals surface area contributed by atoms with Gasteiger partial charge in [-0.2, -0.15) is 25.3 Å². The molecule has 0 saturated carbocycles. The first-order chi connectivity index (χ1) is 10.7. The van der Waals surface area contributed by atoms with E-state index in [9.17, 15) is 30.0 Å². The van der Waals surface area contributed by atoms with Crippen molar-refractivity contribution in [2.45, 2.75) is 12.5 Å². The van der Waals surface area contributed by atoms with Gasteiger partial charge in [0, 0.05) is 0 Å². The Hall–Kier alpha value is -1.62. The van der Waals surface area contributed by atoms with Crippen molar-refractivity contribution in [3.05, 3.63) is 29.8 Å². The fourth-order valence-corrected chi connectivity index (χ4v) is 3.81. The smallest absolute Gasteiger partial charge is 0.362 e. The molecule has 0 unspecified atom stereocenters. The van der Waals surface area contributed by atoms with Gasteiger partial charge in [0.25, 0.3) is 0 Å². The van der Waals surface area contributed by atoms with Crippen LogP contribution in [0, 0.1) is 0 Å². The summed E-state index contributed by atoms with van der Waals surface area (Å²) >= 11 is 0. The van der Waals surface area contributed by atoms with Gasteiger partial charge in [0.15, 0.2) is 0 Å². The Morgan fingerprint density at radius 2 is 1.42 bits per heavy atom. The molecule has 0 heterocycles. The highest BCUT2D eigenvalue weighted by molar-refractivity contribution is 7.98. The van der Waals surface area contributed by atoms with Crippen molar-refractivity contribution in [1.82, 2.24) is 3.71 Å². The second kappa shape index (κ2) is 7.09. The van der Waals surface area contributed by atoms with E-state index in [1.54, 1.807) is 0 Å². The molecule has 0 saturated heterocycles. The van der Waals surface area contributed by atoms with Crippen molar-refractivity contribution in [3.8, 4) is 5.75 Å². The minimum atomic E-state index is -5.49. The predicted octanol–water partition coefficient (Wildman–Crippen LogP) is -1.20. The molecule has 1 rings (SSSR count). The van der Waals surface area contributed by atoms with E-state index in [-0.39, 0.29) is 11.3 Å². The summed E-state index contributed by atoms with van der Waals surface area (Å²) < 4.78 is 94.5. The van der Waals surface area contributed by atoms with Crippen LogP contribution >= 0.6 is 0 Å². The van der Waals surface area contributed by atoms with E-state index in [0.717, 1.165) is 30.6 Å². The maximum atomic E-state index is 11.0. The van der Waals surface area contributed by atoms with Gasteiger partial charge < -0.3 is 4.18 Å². The third-order valence-electron chi connectivity index (χ3n) is 2.40. The summed E-state index contributed by atoms with van der Waals surface area (Å²) in [6.07, 6.45) is 0.403. The average Bonchev–Trinajstić information content (AvgIpc) is 2.35. The first kappa shape index (κ1) is 20.4. The Balaban J connectivity index is 3.10. The zero-order valence-corrected chi connectivity index (χ0v) is 13.8. The molecule has 1 aromatic rings. The van der Waals surface area contributed by atoms with E-state index in [4.69, 9.17) is 13.7 Å². The van der Waals surface area contributed by atoms with Gasteiger partial charge in [-0.3, -0.25) is 18.5 Å². The van der Waals surface area contributed by atoms with E-state index in [1.807, 2.05) is 0 Å². The molecule has 0 aliphatic carbocycles. The second-order valence-electron chi connectivity index (χ2n) is 4.17. The average molecular weight is 404 g/mol. The van der Waals surface area contributed by atoms with Gasteiger partial charge in [0.2, 0.25) is 6.29 Å². The van der Waals surface area contributed by atoms with Crippen molar-refractivity contribution in [1.29, 1.82) is 0 Å². The molecule has 1 aromatic carbocycles. The van der Waals surface area contributed by atoms with Crippen molar-refractivity contribution < 1.29 is 47.9 Å². The topological polar surface area (TPSA) is 193 Å². The van der Waals surface area contributed by atoms with Crippen LogP contribution in [0.1, 0.15) is 5.56 Å². The monoisotopic (exact) mass is 404 g/mol. The fourth-order valence-electron chi connectivity index (χ4n) is 1.63. The lowest BCUT2D eigenvalue weighted by molar-refractivity contribution is 0.360. The molecular formula is C9H10NO11S3. The zero-order chi connectivity index (χ0) is 18.8. The Kier molecular flexibility index (Phi) is 6.04. The maximum absolute atomic E-state index is 11.0. The SMILES string of the molecule is O=[C][C@H](Cc1ccc(OS(=O)(=O)O)cc1)N(S(=O)(=O)O)S(=O)(=O)O. The van der Waals surface area contributed by atoms with Gasteiger partial charge in [-0.15, -0.1) is 0 Å². The van der Waals surface area contributed by atoms with Crippen LogP contribution in [-0.2, 0) is 42.2 Å². The van der Waals surface area contributed by atoms with Crippen LogP contribution in [0.3, 0.4) is 0 Å². The van der Waals surface area contributed by atoms with Crippen molar-refractivity contribution in [2.24, 2.45) is 0 Å². The number of hydrogen-bond donors (Lipinski definition) is 3. The maximum Gasteiger partial charge on any atom is 0.446 e. The normalized spacial score (nSPS) is 14.3. The summed E-state index contributed by atoms with van der Waals surface area (Å²) in [5.41, 5.74) is 0.0864. The van der Waals surface area contributed by atoms with Gasteiger partial charge in [0.05, 0.1) is 0 Å². The highest BCUT2D eigenvalue weighted by Gasteiger charge is 2.39. The van der Waals surface area contributed by atoms with E-state index < -0.39 is 47.2 Å². The summed E-state index contributed by atoms with van der Waals surface area (Å²) in [5, 5.41) is 0. The Morgan fingerprint density at radius 3 is 1.75 bits per heavy atom. The van der Waals surface area contributed by atoms with E-state index in [1.165, 1.54) is 0 Å². The molecule has 15 heteroatoms. The molecule has 3 N–H and O–H groups in total. The number of hydrogen-bond acceptors (Lipinski definition) is 8. The molecule has 0 aromatic heterocycles. The van der Waals surface area contributed by atoms with Crippen LogP contribution in [0.4, 0.5) is 0 Å². The first-order valence-corrected chi connectivity index (χ1v) is 9.78. The molecule has 0 spiro atoms. The molecular weight excluding hydrogens is 394 g/mol. The van der Waals surface area contributed by atoms with Crippen molar-refractivity contribution >= 4 is 37.3 Å². The van der Waals surface area contributed by atoms with E-state index >= 15 is 0 Å². The summed E-state index contributed by atoms with van der Waals surface area (Å²) in [4.78, 5) is 10.8. The van der Waals surface area contributed by atoms with Gasteiger partial charge >= 0.3 is 31.0 Å². The third kappa shape index (κ3) is 6.11. The van der Waals surface area contributed by atoms with Crippen LogP contribution in [0.25, 0.3) is 0 Å². The molecule has 135 valence electrons. The molecule has 0 bridgehead atoms. The van der Waals surface area contributed by atoms with E-state index in [2.05, 4.69) is 4.18 Å². The Morgan fingerprint density at radius 1 is 0.958 bits per heavy atom. The van der Waals surface area contributed by atoms with Crippen LogP contribution in [0.2, 0.25) is 0 Å². The summed E-state index contributed by atoms with van der Waals surface area (Å²) in [6, 6.07) is 2.11. The molecule has 24 heavy (non-hydrogen) atoms. The van der Waals surface area contributed by atoms with Gasteiger partial charge in [-0.25, -0.2) is 0 Å². The van der Waals surface area contributed by atoms with Crippen LogP contribution < -0.4 is 4.18 Å². The third-order valence-corrected chi connectivity index (χ3v) is 5.35. The number of rotatable bonds is 8. The van der Waals surface area contributed by atoms with Gasteiger partial charge in [0.1, 0.15) is 11.8 Å². The number of carbonyl (C=O) groups excluding carboxylic acids is 1. The highest BCUT2D eigenvalue weighted by Crippen LogP contribution is 2.18. The Bertz CT molecular complexity index is 870. The standard InChI is InChI=1S/C9H10NO11S3/c11-6-8(10(22(12,13)14)23(15,16)17)5-7-1-3-9(4-2-7)21-24(18,19)20/h1-4,8H,5H2,(H,12,13,14)(H,15,16,17)(H,18,19,20)/t8-/m0/s1. The molecule has 1 radical (unpaired) electrons. The lowest BCUT2D eigenvalue weighted by Gasteiger charge is -2.20. The van der Waals surface area contributed by atoms with E-state index in [0.29, 0.717) is 0 Å². The van der Waals surface area contributed by atoms with Crippen LogP contribution in [0.5, 0.6) is 5.75 Å². The first-order valence-electron chi connectivity index (χ1n) is 5.62. The molecule has 0 fully saturated rings. The fraction of sp³-hybridized carbons (Fsp3) is 0.222. The van der Waals surface area contributed by atoms with Crippen molar-refractivity contribution in [3.63, 3.8) is 0 Å². The van der Waals surface area contributed by atoms with Gasteiger partial charge in [-0.1, -0.05) is 12.1 Å². The lowest BCUT2D eigenvalue weighted by Crippen LogP contribution is -2.45. The molecule has 0 aliphatic heterocycles. The summed E-state index contributed by atoms with van der Waals surface area (Å²) in [5.74, 6) is -0.325. The van der Waals surface area contributed by atoms with Gasteiger partial charge in [-0.05, 0) is 27.8 Å². The second-order valence-corrected chi connectivity index (χ2v) is 8.01. The number of nitrogens with zero attached hydrogens (tertiary/aromatic N) is 1. The molecule has 1 atom stereocenters. The highest BCUT2D eigenvalue weighted by atomic mass is 32.3. The zero-order valence-electron chi connectivity index (χ0n) is 11.4. The lowest BCUT2D eigenvalue weighted by atomic mass is 10.1. The minimum absolute atomic E-state index is 0.0864. The van der Waals surface area contributed by atoms with Crippen LogP contribution in [0.15, 0.2) is 24.3 Å². The molecule has 0 aliphatic rings.